The second kappa shape index (κ2) is 9.78. The number of alkyl halides is 3. The fourth-order valence-electron chi connectivity index (χ4n) is 1.75. The molecular weight excluding hydrogens is 319 g/mol. The van der Waals surface area contributed by atoms with Gasteiger partial charge in [0.2, 0.25) is 0 Å². The average molecular weight is 341 g/mol. The quantitative estimate of drug-likeness (QED) is 0.346. The monoisotopic (exact) mass is 341 g/mol. The topological polar surface area (TPSA) is 61.1 Å². The van der Waals surface area contributed by atoms with Crippen molar-refractivity contribution in [2.75, 3.05) is 0 Å². The minimum absolute atomic E-state index is 1.18. The summed E-state index contributed by atoms with van der Waals surface area (Å²) in [6, 6.07) is 6.52. The second-order valence-corrected chi connectivity index (χ2v) is 6.11. The van der Waals surface area contributed by atoms with Gasteiger partial charge in [-0.3, -0.25) is 0 Å². The molecule has 0 fully saturated rings. The van der Waals surface area contributed by atoms with E-state index in [0.717, 1.165) is 0 Å². The van der Waals surface area contributed by atoms with Crippen LogP contribution in [0.15, 0.2) is 24.4 Å². The molecule has 0 aromatic carbocycles. The van der Waals surface area contributed by atoms with Gasteiger partial charge < -0.3 is 4.55 Å². The molecule has 128 valence electrons. The number of hydrogen-bond acceptors (Lipinski definition) is 3. The van der Waals surface area contributed by atoms with Crippen LogP contribution < -0.4 is 4.57 Å². The van der Waals surface area contributed by atoms with E-state index in [4.69, 9.17) is 13.0 Å². The molecule has 1 heterocycles. The van der Waals surface area contributed by atoms with Crippen molar-refractivity contribution in [1.29, 1.82) is 0 Å². The number of aryl methyl sites for hydroxylation is 2. The SMILES string of the molecule is CCCCC[n+]1ccccc1CCC.O=S(=O)([O-])C(F)(F)F. The number of nitrogens with zero attached hydrogens (tertiary/aromatic N) is 1. The summed E-state index contributed by atoms with van der Waals surface area (Å²) in [6.07, 6.45) is 8.59. The lowest BCUT2D eigenvalue weighted by Crippen LogP contribution is -2.37. The van der Waals surface area contributed by atoms with Crippen molar-refractivity contribution in [3.05, 3.63) is 30.1 Å². The zero-order valence-corrected chi connectivity index (χ0v) is 13.6. The third kappa shape index (κ3) is 8.33. The summed E-state index contributed by atoms with van der Waals surface area (Å²) in [6.45, 7) is 5.68. The Hall–Kier alpha value is -1.15. The summed E-state index contributed by atoms with van der Waals surface area (Å²) in [7, 11) is -6.09. The molecule has 0 N–H and O–H groups in total. The van der Waals surface area contributed by atoms with Crippen LogP contribution in [0.5, 0.6) is 0 Å². The summed E-state index contributed by atoms with van der Waals surface area (Å²) in [5.74, 6) is 0. The first kappa shape index (κ1) is 20.9. The minimum atomic E-state index is -6.09. The Balaban J connectivity index is 0.000000472. The van der Waals surface area contributed by atoms with Gasteiger partial charge in [0.1, 0.15) is 6.54 Å². The van der Waals surface area contributed by atoms with Gasteiger partial charge in [0.15, 0.2) is 22.0 Å². The minimum Gasteiger partial charge on any atom is -0.741 e. The predicted octanol–water partition coefficient (Wildman–Crippen LogP) is 3.17. The highest BCUT2D eigenvalue weighted by Gasteiger charge is 2.36. The first-order valence-corrected chi connectivity index (χ1v) is 8.53. The molecular formula is C14H22F3NO3S. The highest BCUT2D eigenvalue weighted by Crippen LogP contribution is 2.20. The number of halogens is 3. The van der Waals surface area contributed by atoms with Gasteiger partial charge in [0, 0.05) is 25.0 Å². The normalized spacial score (nSPS) is 11.7. The molecule has 1 aromatic rings. The molecule has 0 amide bonds. The molecule has 4 nitrogen and oxygen atoms in total. The average Bonchev–Trinajstić information content (AvgIpc) is 2.40. The number of rotatable bonds is 6. The van der Waals surface area contributed by atoms with Crippen LogP contribution in [0.2, 0.25) is 0 Å². The van der Waals surface area contributed by atoms with Crippen molar-refractivity contribution in [3.63, 3.8) is 0 Å². The van der Waals surface area contributed by atoms with Crippen molar-refractivity contribution in [3.8, 4) is 0 Å². The Labute approximate surface area is 129 Å². The fourth-order valence-corrected chi connectivity index (χ4v) is 1.75. The Bertz CT molecular complexity index is 530. The molecule has 1 rings (SSSR count). The predicted molar refractivity (Wildman–Crippen MR) is 75.9 cm³/mol. The maximum Gasteiger partial charge on any atom is 0.485 e. The van der Waals surface area contributed by atoms with Gasteiger partial charge in [-0.05, 0) is 12.8 Å². The number of pyridine rings is 1. The van der Waals surface area contributed by atoms with Gasteiger partial charge in [-0.25, -0.2) is 13.0 Å². The number of hydrogen-bond donors (Lipinski definition) is 0. The van der Waals surface area contributed by atoms with Crippen LogP contribution in [0.25, 0.3) is 0 Å². The largest absolute Gasteiger partial charge is 0.741 e. The highest BCUT2D eigenvalue weighted by atomic mass is 32.2. The van der Waals surface area contributed by atoms with Crippen LogP contribution in [0, 0.1) is 0 Å². The van der Waals surface area contributed by atoms with Gasteiger partial charge in [-0.2, -0.15) is 13.2 Å². The Morgan fingerprint density at radius 1 is 1.14 bits per heavy atom. The van der Waals surface area contributed by atoms with Gasteiger partial charge in [-0.15, -0.1) is 0 Å². The van der Waals surface area contributed by atoms with E-state index in [1.54, 1.807) is 0 Å². The molecule has 0 aliphatic heterocycles. The van der Waals surface area contributed by atoms with E-state index in [2.05, 4.69) is 42.8 Å². The molecule has 0 saturated heterocycles. The van der Waals surface area contributed by atoms with E-state index in [0.29, 0.717) is 0 Å². The lowest BCUT2D eigenvalue weighted by molar-refractivity contribution is -0.704. The number of unbranched alkanes of at least 4 members (excludes halogenated alkanes) is 2. The molecule has 0 saturated carbocycles. The van der Waals surface area contributed by atoms with Crippen LogP contribution in [0.4, 0.5) is 13.2 Å². The van der Waals surface area contributed by atoms with Crippen molar-refractivity contribution < 1.29 is 30.7 Å². The second-order valence-electron chi connectivity index (χ2n) is 4.74. The van der Waals surface area contributed by atoms with Crippen LogP contribution in [0.3, 0.4) is 0 Å². The Morgan fingerprint density at radius 3 is 2.18 bits per heavy atom. The fraction of sp³-hybridized carbons (Fsp3) is 0.643. The highest BCUT2D eigenvalue weighted by molar-refractivity contribution is 7.86. The van der Waals surface area contributed by atoms with E-state index in [1.807, 2.05) is 0 Å². The van der Waals surface area contributed by atoms with E-state index in [9.17, 15) is 13.2 Å². The zero-order valence-electron chi connectivity index (χ0n) is 12.8. The molecule has 0 spiro atoms. The van der Waals surface area contributed by atoms with E-state index in [1.165, 1.54) is 44.3 Å². The molecule has 0 bridgehead atoms. The van der Waals surface area contributed by atoms with Gasteiger partial charge in [0.05, 0.1) is 0 Å². The molecule has 0 aliphatic rings. The van der Waals surface area contributed by atoms with Gasteiger partial charge >= 0.3 is 5.51 Å². The third-order valence-electron chi connectivity index (χ3n) is 2.83. The first-order chi connectivity index (χ1) is 10.1. The lowest BCUT2D eigenvalue weighted by Gasteiger charge is -2.08. The summed E-state index contributed by atoms with van der Waals surface area (Å²) in [5.41, 5.74) is -4.17. The van der Waals surface area contributed by atoms with Crippen LogP contribution in [0.1, 0.15) is 45.2 Å². The molecule has 0 atom stereocenters. The number of aromatic nitrogens is 1. The molecule has 22 heavy (non-hydrogen) atoms. The maximum atomic E-state index is 10.7. The Morgan fingerprint density at radius 2 is 1.73 bits per heavy atom. The van der Waals surface area contributed by atoms with Gasteiger partial charge in [-0.1, -0.05) is 26.3 Å². The smallest absolute Gasteiger partial charge is 0.485 e. The summed E-state index contributed by atoms with van der Waals surface area (Å²) >= 11 is 0. The summed E-state index contributed by atoms with van der Waals surface area (Å²) < 4.78 is 61.3. The van der Waals surface area contributed by atoms with E-state index >= 15 is 0 Å². The maximum absolute atomic E-state index is 10.7. The molecule has 0 unspecified atom stereocenters. The molecule has 8 heteroatoms. The first-order valence-electron chi connectivity index (χ1n) is 7.13. The van der Waals surface area contributed by atoms with Crippen molar-refractivity contribution in [1.82, 2.24) is 0 Å². The van der Waals surface area contributed by atoms with E-state index in [-0.39, 0.29) is 0 Å². The van der Waals surface area contributed by atoms with Crippen LogP contribution in [-0.4, -0.2) is 18.5 Å². The molecule has 0 radical (unpaired) electrons. The zero-order chi connectivity index (χ0) is 17.2. The van der Waals surface area contributed by atoms with E-state index < -0.39 is 15.6 Å². The van der Waals surface area contributed by atoms with Crippen molar-refractivity contribution in [2.24, 2.45) is 0 Å². The van der Waals surface area contributed by atoms with Crippen LogP contribution in [-0.2, 0) is 23.1 Å². The van der Waals surface area contributed by atoms with Gasteiger partial charge in [0.25, 0.3) is 0 Å². The summed E-state index contributed by atoms with van der Waals surface area (Å²) in [5, 5.41) is 0. The lowest BCUT2D eigenvalue weighted by atomic mass is 10.2. The van der Waals surface area contributed by atoms with Crippen molar-refractivity contribution in [2.45, 2.75) is 58.0 Å². The Kier molecular flexibility index (Phi) is 9.27. The molecule has 1 aromatic heterocycles. The standard InChI is InChI=1S/C13H22N.CHF3O3S/c1-3-5-7-11-14-12-8-6-10-13(14)9-4-2;2-1(3,4)8(5,6)7/h6,8,10,12H,3-5,7,9,11H2,1-2H3;(H,5,6,7)/q+1;/p-1. The summed E-state index contributed by atoms with van der Waals surface area (Å²) in [4.78, 5) is 0. The third-order valence-corrected chi connectivity index (χ3v) is 3.39. The van der Waals surface area contributed by atoms with Crippen LogP contribution >= 0.6 is 0 Å². The molecule has 0 aliphatic carbocycles. The van der Waals surface area contributed by atoms with Crippen molar-refractivity contribution >= 4 is 10.1 Å².